The third kappa shape index (κ3) is 3.48. The van der Waals surface area contributed by atoms with Crippen molar-refractivity contribution >= 4 is 23.3 Å². The molecular weight excluding hydrogens is 281 g/mol. The predicted octanol–water partition coefficient (Wildman–Crippen LogP) is 3.88. The number of halogens is 2. The lowest BCUT2D eigenvalue weighted by atomic mass is 10.1. The molecule has 2 aromatic rings. The van der Waals surface area contributed by atoms with Crippen LogP contribution in [0.1, 0.15) is 15.9 Å². The number of esters is 1. The number of hydrogen-bond donors (Lipinski definition) is 1. The van der Waals surface area contributed by atoms with Gasteiger partial charge in [-0.2, -0.15) is 0 Å². The van der Waals surface area contributed by atoms with Crippen LogP contribution in [-0.2, 0) is 11.3 Å². The van der Waals surface area contributed by atoms with Crippen LogP contribution in [0.25, 0.3) is 0 Å². The average molecular weight is 294 g/mol. The number of carbonyl (C=O) groups is 1. The Hall–Kier alpha value is -2.07. The highest BCUT2D eigenvalue weighted by molar-refractivity contribution is 6.30. The summed E-state index contributed by atoms with van der Waals surface area (Å²) in [5.74, 6) is -1.28. The number of benzene rings is 2. The van der Waals surface area contributed by atoms with Crippen molar-refractivity contribution in [1.29, 1.82) is 0 Å². The van der Waals surface area contributed by atoms with Crippen LogP contribution >= 0.6 is 11.6 Å². The first kappa shape index (κ1) is 14.3. The van der Waals surface area contributed by atoms with Crippen molar-refractivity contribution in [3.05, 3.63) is 64.4 Å². The Labute approximate surface area is 121 Å². The van der Waals surface area contributed by atoms with Crippen LogP contribution < -0.4 is 5.32 Å². The zero-order valence-corrected chi connectivity index (χ0v) is 11.6. The predicted molar refractivity (Wildman–Crippen MR) is 76.5 cm³/mol. The summed E-state index contributed by atoms with van der Waals surface area (Å²) in [6.07, 6.45) is 0. The van der Waals surface area contributed by atoms with E-state index < -0.39 is 11.8 Å². The van der Waals surface area contributed by atoms with Crippen molar-refractivity contribution in [2.24, 2.45) is 0 Å². The van der Waals surface area contributed by atoms with E-state index in [1.165, 1.54) is 19.2 Å². The molecule has 0 heterocycles. The Kier molecular flexibility index (Phi) is 4.58. The number of anilines is 1. The molecule has 0 spiro atoms. The SMILES string of the molecule is COC(=O)c1ccc(CNc2cccc(Cl)c2)cc1F. The van der Waals surface area contributed by atoms with E-state index in [1.54, 1.807) is 18.2 Å². The highest BCUT2D eigenvalue weighted by atomic mass is 35.5. The molecule has 0 fully saturated rings. The van der Waals surface area contributed by atoms with Gasteiger partial charge in [0, 0.05) is 17.3 Å². The number of ether oxygens (including phenoxy) is 1. The van der Waals surface area contributed by atoms with Crippen LogP contribution in [-0.4, -0.2) is 13.1 Å². The quantitative estimate of drug-likeness (QED) is 0.870. The fourth-order valence-corrected chi connectivity index (χ4v) is 1.94. The first-order chi connectivity index (χ1) is 9.60. The number of nitrogens with one attached hydrogen (secondary N) is 1. The molecule has 0 saturated heterocycles. The van der Waals surface area contributed by atoms with E-state index in [4.69, 9.17) is 11.6 Å². The summed E-state index contributed by atoms with van der Waals surface area (Å²) in [5.41, 5.74) is 1.49. The van der Waals surface area contributed by atoms with E-state index in [2.05, 4.69) is 10.1 Å². The molecule has 0 radical (unpaired) electrons. The van der Waals surface area contributed by atoms with Crippen molar-refractivity contribution in [2.75, 3.05) is 12.4 Å². The standard InChI is InChI=1S/C15H13ClFNO2/c1-20-15(19)13-6-5-10(7-14(13)17)9-18-12-4-2-3-11(16)8-12/h2-8,18H,9H2,1H3. The number of carbonyl (C=O) groups excluding carboxylic acids is 1. The molecule has 0 atom stereocenters. The maximum absolute atomic E-state index is 13.7. The number of hydrogen-bond acceptors (Lipinski definition) is 3. The van der Waals surface area contributed by atoms with Gasteiger partial charge in [-0.1, -0.05) is 23.7 Å². The Morgan fingerprint density at radius 1 is 1.30 bits per heavy atom. The lowest BCUT2D eigenvalue weighted by molar-refractivity contribution is 0.0595. The molecule has 0 unspecified atom stereocenters. The summed E-state index contributed by atoms with van der Waals surface area (Å²) >= 11 is 5.87. The molecule has 1 N–H and O–H groups in total. The molecule has 3 nitrogen and oxygen atoms in total. The van der Waals surface area contributed by atoms with Gasteiger partial charge in [-0.25, -0.2) is 9.18 Å². The van der Waals surface area contributed by atoms with Crippen LogP contribution in [0.15, 0.2) is 42.5 Å². The minimum absolute atomic E-state index is 0.0704. The molecule has 2 rings (SSSR count). The highest BCUT2D eigenvalue weighted by Crippen LogP contribution is 2.17. The minimum atomic E-state index is -0.683. The van der Waals surface area contributed by atoms with Crippen LogP contribution in [0, 0.1) is 5.82 Å². The minimum Gasteiger partial charge on any atom is -0.465 e. The maximum Gasteiger partial charge on any atom is 0.340 e. The molecule has 104 valence electrons. The second-order valence-corrected chi connectivity index (χ2v) is 4.61. The van der Waals surface area contributed by atoms with E-state index in [9.17, 15) is 9.18 Å². The van der Waals surface area contributed by atoms with Gasteiger partial charge in [0.1, 0.15) is 5.82 Å². The molecule has 0 aromatic heterocycles. The Morgan fingerprint density at radius 3 is 2.75 bits per heavy atom. The molecule has 0 amide bonds. The topological polar surface area (TPSA) is 38.3 Å². The van der Waals surface area contributed by atoms with Gasteiger partial charge in [0.25, 0.3) is 0 Å². The van der Waals surface area contributed by atoms with Crippen molar-refractivity contribution in [3.8, 4) is 0 Å². The fraction of sp³-hybridized carbons (Fsp3) is 0.133. The lowest BCUT2D eigenvalue weighted by Gasteiger charge is -2.08. The molecule has 0 aliphatic rings. The summed E-state index contributed by atoms with van der Waals surface area (Å²) in [7, 11) is 1.22. The fourth-order valence-electron chi connectivity index (χ4n) is 1.75. The lowest BCUT2D eigenvalue weighted by Crippen LogP contribution is -2.06. The van der Waals surface area contributed by atoms with Crippen LogP contribution in [0.3, 0.4) is 0 Å². The van der Waals surface area contributed by atoms with Crippen molar-refractivity contribution in [1.82, 2.24) is 0 Å². The number of rotatable bonds is 4. The average Bonchev–Trinajstić information content (AvgIpc) is 2.44. The van der Waals surface area contributed by atoms with E-state index in [-0.39, 0.29) is 5.56 Å². The summed E-state index contributed by atoms with van der Waals surface area (Å²) in [5, 5.41) is 3.75. The zero-order chi connectivity index (χ0) is 14.5. The number of methoxy groups -OCH3 is 1. The first-order valence-electron chi connectivity index (χ1n) is 5.96. The largest absolute Gasteiger partial charge is 0.465 e. The summed E-state index contributed by atoms with van der Waals surface area (Å²) < 4.78 is 18.2. The third-order valence-corrected chi connectivity index (χ3v) is 3.00. The van der Waals surface area contributed by atoms with Gasteiger partial charge in [-0.15, -0.1) is 0 Å². The van der Waals surface area contributed by atoms with Gasteiger partial charge >= 0.3 is 5.97 Å². The summed E-state index contributed by atoms with van der Waals surface area (Å²) in [6, 6.07) is 11.6. The smallest absolute Gasteiger partial charge is 0.340 e. The second-order valence-electron chi connectivity index (χ2n) is 4.17. The molecule has 20 heavy (non-hydrogen) atoms. The molecule has 5 heteroatoms. The van der Waals surface area contributed by atoms with Crippen LogP contribution in [0.5, 0.6) is 0 Å². The van der Waals surface area contributed by atoms with Crippen molar-refractivity contribution < 1.29 is 13.9 Å². The van der Waals surface area contributed by atoms with E-state index >= 15 is 0 Å². The third-order valence-electron chi connectivity index (χ3n) is 2.76. The molecule has 0 aliphatic heterocycles. The summed E-state index contributed by atoms with van der Waals surface area (Å²) in [4.78, 5) is 11.3. The molecule has 0 aliphatic carbocycles. The van der Waals surface area contributed by atoms with Gasteiger partial charge in [-0.3, -0.25) is 0 Å². The Morgan fingerprint density at radius 2 is 2.10 bits per heavy atom. The zero-order valence-electron chi connectivity index (χ0n) is 10.8. The second kappa shape index (κ2) is 6.39. The van der Waals surface area contributed by atoms with Gasteiger partial charge < -0.3 is 10.1 Å². The van der Waals surface area contributed by atoms with Gasteiger partial charge in [0.05, 0.1) is 12.7 Å². The van der Waals surface area contributed by atoms with E-state index in [0.717, 1.165) is 11.3 Å². The highest BCUT2D eigenvalue weighted by Gasteiger charge is 2.12. The van der Waals surface area contributed by atoms with Crippen LogP contribution in [0.2, 0.25) is 5.02 Å². The first-order valence-corrected chi connectivity index (χ1v) is 6.34. The normalized spacial score (nSPS) is 10.2. The van der Waals surface area contributed by atoms with Gasteiger partial charge in [-0.05, 0) is 35.9 Å². The van der Waals surface area contributed by atoms with Crippen LogP contribution in [0.4, 0.5) is 10.1 Å². The summed E-state index contributed by atoms with van der Waals surface area (Å²) in [6.45, 7) is 0.429. The van der Waals surface area contributed by atoms with Gasteiger partial charge in [0.2, 0.25) is 0 Å². The van der Waals surface area contributed by atoms with Gasteiger partial charge in [0.15, 0.2) is 0 Å². The molecule has 2 aromatic carbocycles. The van der Waals surface area contributed by atoms with Crippen molar-refractivity contribution in [3.63, 3.8) is 0 Å². The molecule has 0 saturated carbocycles. The molecule has 0 bridgehead atoms. The van der Waals surface area contributed by atoms with E-state index in [1.807, 2.05) is 12.1 Å². The Bertz CT molecular complexity index is 631. The maximum atomic E-state index is 13.7. The van der Waals surface area contributed by atoms with Crippen molar-refractivity contribution in [2.45, 2.75) is 6.54 Å². The molecular formula is C15H13ClFNO2. The Balaban J connectivity index is 2.07. The van der Waals surface area contributed by atoms with E-state index in [0.29, 0.717) is 11.6 Å². The monoisotopic (exact) mass is 293 g/mol.